The zero-order valence-electron chi connectivity index (χ0n) is 12.8. The second-order valence-electron chi connectivity index (χ2n) is 6.10. The number of fused-ring (bicyclic) bond motifs is 2. The second-order valence-corrected chi connectivity index (χ2v) is 6.10. The summed E-state index contributed by atoms with van der Waals surface area (Å²) in [4.78, 5) is 4.64. The van der Waals surface area contributed by atoms with Gasteiger partial charge in [-0.15, -0.1) is 0 Å². The lowest BCUT2D eigenvalue weighted by Gasteiger charge is -2.14. The van der Waals surface area contributed by atoms with Gasteiger partial charge < -0.3 is 0 Å². The molecule has 0 amide bonds. The molecule has 0 atom stereocenters. The zero-order chi connectivity index (χ0) is 14.9. The molecule has 4 rings (SSSR count). The van der Waals surface area contributed by atoms with Gasteiger partial charge in [0, 0.05) is 11.1 Å². The molecule has 1 aliphatic rings. The third kappa shape index (κ3) is 2.43. The van der Waals surface area contributed by atoms with Crippen molar-refractivity contribution in [3.63, 3.8) is 0 Å². The maximum absolute atomic E-state index is 4.64. The molecule has 108 valence electrons. The first-order valence-electron chi connectivity index (χ1n) is 7.90. The molecule has 0 unspecified atom stereocenters. The Morgan fingerprint density at radius 1 is 0.909 bits per heavy atom. The van der Waals surface area contributed by atoms with Crippen LogP contribution in [0.1, 0.15) is 27.9 Å². The zero-order valence-corrected chi connectivity index (χ0v) is 12.8. The molecule has 0 fully saturated rings. The highest BCUT2D eigenvalue weighted by Gasteiger charge is 2.08. The van der Waals surface area contributed by atoms with E-state index in [9.17, 15) is 0 Å². The molecule has 1 aliphatic carbocycles. The first kappa shape index (κ1) is 13.3. The van der Waals surface area contributed by atoms with Gasteiger partial charge in [-0.1, -0.05) is 48.6 Å². The molecule has 1 nitrogen and oxygen atoms in total. The molecule has 1 heterocycles. The molecule has 0 bridgehead atoms. The minimum Gasteiger partial charge on any atom is -0.253 e. The lowest BCUT2D eigenvalue weighted by Crippen LogP contribution is -2.00. The van der Waals surface area contributed by atoms with Gasteiger partial charge in [-0.3, -0.25) is 4.98 Å². The number of benzene rings is 2. The second kappa shape index (κ2) is 5.42. The van der Waals surface area contributed by atoms with Crippen molar-refractivity contribution in [1.29, 1.82) is 0 Å². The van der Waals surface area contributed by atoms with Crippen LogP contribution in [-0.4, -0.2) is 4.98 Å². The molecule has 0 radical (unpaired) electrons. The van der Waals surface area contributed by atoms with Crippen LogP contribution in [0.5, 0.6) is 0 Å². The fraction of sp³-hybridized carbons (Fsp3) is 0.190. The fourth-order valence-corrected chi connectivity index (χ4v) is 3.36. The Morgan fingerprint density at radius 3 is 2.64 bits per heavy atom. The van der Waals surface area contributed by atoms with E-state index >= 15 is 0 Å². The standard InChI is InChI=1S/C21H19N/c1-15-12-19(20-8-4-5-9-21(20)22-15)14-16-10-11-17-6-2-3-7-18(17)13-16/h2-5,8-13H,6-7,14H2,1H3. The molecule has 3 aromatic rings. The van der Waals surface area contributed by atoms with Crippen LogP contribution >= 0.6 is 0 Å². The van der Waals surface area contributed by atoms with Crippen LogP contribution in [0.25, 0.3) is 10.9 Å². The smallest absolute Gasteiger partial charge is 0.0708 e. The first-order chi connectivity index (χ1) is 10.8. The minimum absolute atomic E-state index is 0.973. The van der Waals surface area contributed by atoms with Crippen LogP contribution in [0.15, 0.2) is 60.7 Å². The molecular formula is C21H19N. The van der Waals surface area contributed by atoms with Gasteiger partial charge in [0.2, 0.25) is 0 Å². The summed E-state index contributed by atoms with van der Waals surface area (Å²) < 4.78 is 0. The molecule has 0 spiro atoms. The third-order valence-corrected chi connectivity index (χ3v) is 4.44. The van der Waals surface area contributed by atoms with E-state index in [1.165, 1.54) is 27.6 Å². The van der Waals surface area contributed by atoms with E-state index in [-0.39, 0.29) is 0 Å². The number of nitrogens with zero attached hydrogens (tertiary/aromatic N) is 1. The minimum atomic E-state index is 0.973. The van der Waals surface area contributed by atoms with Gasteiger partial charge in [-0.25, -0.2) is 0 Å². The highest BCUT2D eigenvalue weighted by molar-refractivity contribution is 5.82. The van der Waals surface area contributed by atoms with Crippen LogP contribution in [-0.2, 0) is 19.3 Å². The number of aromatic nitrogens is 1. The summed E-state index contributed by atoms with van der Waals surface area (Å²) in [6, 6.07) is 17.6. The van der Waals surface area contributed by atoms with Crippen molar-refractivity contribution >= 4 is 10.9 Å². The summed E-state index contributed by atoms with van der Waals surface area (Å²) in [7, 11) is 0. The van der Waals surface area contributed by atoms with Gasteiger partial charge in [0.1, 0.15) is 0 Å². The Balaban J connectivity index is 1.75. The normalized spacial score (nSPS) is 13.3. The molecular weight excluding hydrogens is 266 g/mol. The molecule has 0 aliphatic heterocycles. The highest BCUT2D eigenvalue weighted by atomic mass is 14.7. The maximum Gasteiger partial charge on any atom is 0.0708 e. The number of pyridine rings is 1. The molecule has 1 aromatic heterocycles. The quantitative estimate of drug-likeness (QED) is 0.617. The van der Waals surface area contributed by atoms with Gasteiger partial charge in [0.25, 0.3) is 0 Å². The highest BCUT2D eigenvalue weighted by Crippen LogP contribution is 2.24. The lowest BCUT2D eigenvalue weighted by molar-refractivity contribution is 1.07. The number of hydrogen-bond acceptors (Lipinski definition) is 1. The van der Waals surface area contributed by atoms with Crippen molar-refractivity contribution in [2.24, 2.45) is 0 Å². The van der Waals surface area contributed by atoms with E-state index in [2.05, 4.69) is 72.6 Å². The van der Waals surface area contributed by atoms with Crippen molar-refractivity contribution in [1.82, 2.24) is 4.98 Å². The van der Waals surface area contributed by atoms with Crippen molar-refractivity contribution in [3.05, 3.63) is 88.6 Å². The van der Waals surface area contributed by atoms with E-state index < -0.39 is 0 Å². The van der Waals surface area contributed by atoms with Crippen molar-refractivity contribution in [2.45, 2.75) is 26.2 Å². The number of hydrogen-bond donors (Lipinski definition) is 0. The third-order valence-electron chi connectivity index (χ3n) is 4.44. The van der Waals surface area contributed by atoms with E-state index in [0.717, 1.165) is 30.5 Å². The fourth-order valence-electron chi connectivity index (χ4n) is 3.36. The van der Waals surface area contributed by atoms with E-state index in [1.54, 1.807) is 0 Å². The van der Waals surface area contributed by atoms with E-state index in [0.29, 0.717) is 0 Å². The molecule has 2 aromatic carbocycles. The summed E-state index contributed by atoms with van der Waals surface area (Å²) in [5.41, 5.74) is 7.91. The number of allylic oxidation sites excluding steroid dienone is 2. The average Bonchev–Trinajstić information content (AvgIpc) is 2.54. The predicted octanol–water partition coefficient (Wildman–Crippen LogP) is 4.79. The molecule has 22 heavy (non-hydrogen) atoms. The summed E-state index contributed by atoms with van der Waals surface area (Å²) in [5, 5.41) is 1.27. The average molecular weight is 285 g/mol. The molecule has 1 heteroatoms. The monoisotopic (exact) mass is 285 g/mol. The predicted molar refractivity (Wildman–Crippen MR) is 92.3 cm³/mol. The summed E-state index contributed by atoms with van der Waals surface area (Å²) >= 11 is 0. The number of rotatable bonds is 2. The molecule has 0 N–H and O–H groups in total. The first-order valence-corrected chi connectivity index (χ1v) is 7.90. The molecule has 0 saturated heterocycles. The van der Waals surface area contributed by atoms with Gasteiger partial charge in [-0.2, -0.15) is 0 Å². The Labute approximate surface area is 131 Å². The summed E-state index contributed by atoms with van der Waals surface area (Å²) in [6.07, 6.45) is 7.66. The maximum atomic E-state index is 4.64. The summed E-state index contributed by atoms with van der Waals surface area (Å²) in [6.45, 7) is 2.08. The van der Waals surface area contributed by atoms with E-state index in [4.69, 9.17) is 0 Å². The van der Waals surface area contributed by atoms with Gasteiger partial charge >= 0.3 is 0 Å². The Morgan fingerprint density at radius 2 is 1.73 bits per heavy atom. The van der Waals surface area contributed by atoms with Crippen LogP contribution < -0.4 is 0 Å². The van der Waals surface area contributed by atoms with Crippen LogP contribution in [0.4, 0.5) is 0 Å². The SMILES string of the molecule is Cc1cc(Cc2ccc3c(c2)CC=CC3)c2ccccc2n1. The Kier molecular flexibility index (Phi) is 3.27. The van der Waals surface area contributed by atoms with Gasteiger partial charge in [0.15, 0.2) is 0 Å². The molecule has 0 saturated carbocycles. The van der Waals surface area contributed by atoms with Crippen molar-refractivity contribution < 1.29 is 0 Å². The summed E-state index contributed by atoms with van der Waals surface area (Å²) in [5.74, 6) is 0. The van der Waals surface area contributed by atoms with Gasteiger partial charge in [-0.05, 0) is 60.6 Å². The number of para-hydroxylation sites is 1. The largest absolute Gasteiger partial charge is 0.253 e. The van der Waals surface area contributed by atoms with Crippen molar-refractivity contribution in [3.8, 4) is 0 Å². The lowest BCUT2D eigenvalue weighted by atomic mass is 9.92. The van der Waals surface area contributed by atoms with Crippen molar-refractivity contribution in [2.75, 3.05) is 0 Å². The van der Waals surface area contributed by atoms with Gasteiger partial charge in [0.05, 0.1) is 5.52 Å². The van der Waals surface area contributed by atoms with Crippen LogP contribution in [0.3, 0.4) is 0 Å². The Hall–Kier alpha value is -2.41. The van der Waals surface area contributed by atoms with Crippen LogP contribution in [0.2, 0.25) is 0 Å². The topological polar surface area (TPSA) is 12.9 Å². The van der Waals surface area contributed by atoms with E-state index in [1.807, 2.05) is 0 Å². The number of aryl methyl sites for hydroxylation is 1. The van der Waals surface area contributed by atoms with Crippen LogP contribution in [0, 0.1) is 6.92 Å². The Bertz CT molecular complexity index is 874.